The monoisotopic (exact) mass is 328 g/mol. The third-order valence-electron chi connectivity index (χ3n) is 2.82. The molecular formula is C13H16ClF3O2S. The van der Waals surface area contributed by atoms with Crippen molar-refractivity contribution in [2.24, 2.45) is 0 Å². The first-order valence-corrected chi connectivity index (χ1v) is 8.42. The summed E-state index contributed by atoms with van der Waals surface area (Å²) in [5.41, 5.74) is -1.10. The zero-order chi connectivity index (χ0) is 15.2. The van der Waals surface area contributed by atoms with Gasteiger partial charge in [-0.3, -0.25) is 0 Å². The summed E-state index contributed by atoms with van der Waals surface area (Å²) in [4.78, 5) is -0.634. The van der Waals surface area contributed by atoms with Crippen molar-refractivity contribution in [3.05, 3.63) is 29.8 Å². The molecule has 0 bridgehead atoms. The molecule has 0 radical (unpaired) electrons. The standard InChI is InChI=1S/C13H16ClF3O2S/c14-9-5-1-2-6-10-20(18,19)12-8-4-3-7-11(12)13(15,16)17/h3-4,7-8H,1-2,5-6,9-10H2. The topological polar surface area (TPSA) is 34.1 Å². The van der Waals surface area contributed by atoms with E-state index in [0.717, 1.165) is 25.0 Å². The van der Waals surface area contributed by atoms with Gasteiger partial charge in [0.15, 0.2) is 9.84 Å². The first kappa shape index (κ1) is 17.3. The molecule has 2 nitrogen and oxygen atoms in total. The fourth-order valence-electron chi connectivity index (χ4n) is 1.82. The smallest absolute Gasteiger partial charge is 0.224 e. The SMILES string of the molecule is O=S(=O)(CCCCCCCl)c1ccccc1C(F)(F)F. The highest BCUT2D eigenvalue weighted by atomic mass is 35.5. The molecule has 1 rings (SSSR count). The van der Waals surface area contributed by atoms with Crippen LogP contribution < -0.4 is 0 Å². The van der Waals surface area contributed by atoms with Gasteiger partial charge in [-0.25, -0.2) is 8.42 Å². The molecule has 0 unspecified atom stereocenters. The molecule has 7 heteroatoms. The van der Waals surface area contributed by atoms with Crippen LogP contribution in [0.5, 0.6) is 0 Å². The molecule has 1 aromatic carbocycles. The molecule has 0 atom stereocenters. The van der Waals surface area contributed by atoms with Crippen LogP contribution in [0.15, 0.2) is 29.2 Å². The number of benzene rings is 1. The van der Waals surface area contributed by atoms with Crippen LogP contribution in [-0.4, -0.2) is 20.1 Å². The normalized spacial score (nSPS) is 12.6. The van der Waals surface area contributed by atoms with Crippen LogP contribution in [0.25, 0.3) is 0 Å². The van der Waals surface area contributed by atoms with Crippen molar-refractivity contribution in [1.29, 1.82) is 0 Å². The van der Waals surface area contributed by atoms with Crippen molar-refractivity contribution < 1.29 is 21.6 Å². The first-order chi connectivity index (χ1) is 9.29. The molecule has 20 heavy (non-hydrogen) atoms. The highest BCUT2D eigenvalue weighted by Gasteiger charge is 2.36. The van der Waals surface area contributed by atoms with Crippen LogP contribution in [0.3, 0.4) is 0 Å². The predicted octanol–water partition coefficient (Wildman–Crippen LogP) is 4.28. The van der Waals surface area contributed by atoms with Gasteiger partial charge >= 0.3 is 6.18 Å². The van der Waals surface area contributed by atoms with E-state index in [-0.39, 0.29) is 5.75 Å². The number of hydrogen-bond donors (Lipinski definition) is 0. The first-order valence-electron chi connectivity index (χ1n) is 6.24. The maximum absolute atomic E-state index is 12.8. The Morgan fingerprint density at radius 1 is 1.00 bits per heavy atom. The van der Waals surface area contributed by atoms with Gasteiger partial charge in [-0.2, -0.15) is 13.2 Å². The lowest BCUT2D eigenvalue weighted by molar-refractivity contribution is -0.139. The van der Waals surface area contributed by atoms with Gasteiger partial charge in [-0.1, -0.05) is 25.0 Å². The minimum Gasteiger partial charge on any atom is -0.224 e. The Bertz CT molecular complexity index is 527. The molecule has 1 aromatic rings. The van der Waals surface area contributed by atoms with E-state index in [4.69, 9.17) is 11.6 Å². The fraction of sp³-hybridized carbons (Fsp3) is 0.538. The largest absolute Gasteiger partial charge is 0.417 e. The second-order valence-electron chi connectivity index (χ2n) is 4.42. The molecule has 0 saturated heterocycles. The lowest BCUT2D eigenvalue weighted by Crippen LogP contribution is -2.15. The molecule has 0 N–H and O–H groups in total. The van der Waals surface area contributed by atoms with Crippen LogP contribution in [0.4, 0.5) is 13.2 Å². The Balaban J connectivity index is 2.83. The van der Waals surface area contributed by atoms with E-state index in [1.165, 1.54) is 12.1 Å². The molecule has 0 saturated carbocycles. The molecule has 0 aromatic heterocycles. The van der Waals surface area contributed by atoms with Gasteiger partial charge < -0.3 is 0 Å². The van der Waals surface area contributed by atoms with Gasteiger partial charge in [0.2, 0.25) is 0 Å². The number of unbranched alkanes of at least 4 members (excludes halogenated alkanes) is 3. The van der Waals surface area contributed by atoms with E-state index in [1.807, 2.05) is 0 Å². The molecule has 0 aliphatic carbocycles. The summed E-state index contributed by atoms with van der Waals surface area (Å²) in [5, 5.41) is 0. The van der Waals surface area contributed by atoms with Gasteiger partial charge in [0, 0.05) is 5.88 Å². The van der Waals surface area contributed by atoms with E-state index in [0.29, 0.717) is 18.7 Å². The summed E-state index contributed by atoms with van der Waals surface area (Å²) in [6, 6.07) is 4.29. The minimum atomic E-state index is -4.66. The second kappa shape index (κ2) is 7.31. The summed E-state index contributed by atoms with van der Waals surface area (Å²) < 4.78 is 62.4. The average molecular weight is 329 g/mol. The van der Waals surface area contributed by atoms with E-state index in [2.05, 4.69) is 0 Å². The molecule has 0 aliphatic rings. The Morgan fingerprint density at radius 3 is 2.20 bits per heavy atom. The lowest BCUT2D eigenvalue weighted by Gasteiger charge is -2.12. The number of hydrogen-bond acceptors (Lipinski definition) is 2. The summed E-state index contributed by atoms with van der Waals surface area (Å²) in [6.45, 7) is 0. The van der Waals surface area contributed by atoms with Crippen molar-refractivity contribution in [3.8, 4) is 0 Å². The zero-order valence-electron chi connectivity index (χ0n) is 10.8. The Kier molecular flexibility index (Phi) is 6.33. The quantitative estimate of drug-likeness (QED) is 0.553. The molecule has 0 amide bonds. The van der Waals surface area contributed by atoms with E-state index < -0.39 is 26.5 Å². The number of halogens is 4. The van der Waals surface area contributed by atoms with Crippen molar-refractivity contribution in [2.45, 2.75) is 36.8 Å². The van der Waals surface area contributed by atoms with Crippen molar-refractivity contribution >= 4 is 21.4 Å². The van der Waals surface area contributed by atoms with Crippen LogP contribution in [-0.2, 0) is 16.0 Å². The van der Waals surface area contributed by atoms with E-state index >= 15 is 0 Å². The third-order valence-corrected chi connectivity index (χ3v) is 4.94. The van der Waals surface area contributed by atoms with Gasteiger partial charge in [-0.05, 0) is 25.0 Å². The third kappa shape index (κ3) is 4.98. The highest BCUT2D eigenvalue weighted by Crippen LogP contribution is 2.34. The molecule has 0 spiro atoms. The molecular weight excluding hydrogens is 313 g/mol. The Morgan fingerprint density at radius 2 is 1.60 bits per heavy atom. The molecule has 0 fully saturated rings. The molecule has 0 aliphatic heterocycles. The summed E-state index contributed by atoms with van der Waals surface area (Å²) in [5.74, 6) is 0.228. The number of rotatable bonds is 7. The lowest BCUT2D eigenvalue weighted by atomic mass is 10.2. The fourth-order valence-corrected chi connectivity index (χ4v) is 3.62. The molecule has 114 valence electrons. The summed E-state index contributed by atoms with van der Waals surface area (Å²) >= 11 is 5.49. The predicted molar refractivity (Wildman–Crippen MR) is 72.7 cm³/mol. The Hall–Kier alpha value is -0.750. The van der Waals surface area contributed by atoms with Gasteiger partial charge in [0.1, 0.15) is 0 Å². The van der Waals surface area contributed by atoms with Crippen LogP contribution >= 0.6 is 11.6 Å². The maximum Gasteiger partial charge on any atom is 0.417 e. The van der Waals surface area contributed by atoms with Crippen molar-refractivity contribution in [3.63, 3.8) is 0 Å². The summed E-state index contributed by atoms with van der Waals surface area (Å²) in [6.07, 6.45) is -2.13. The van der Waals surface area contributed by atoms with Crippen LogP contribution in [0.2, 0.25) is 0 Å². The van der Waals surface area contributed by atoms with Crippen LogP contribution in [0.1, 0.15) is 31.2 Å². The molecule has 0 heterocycles. The Labute approximate surface area is 121 Å². The van der Waals surface area contributed by atoms with E-state index in [9.17, 15) is 21.6 Å². The van der Waals surface area contributed by atoms with Gasteiger partial charge in [0.05, 0.1) is 16.2 Å². The average Bonchev–Trinajstić information content (AvgIpc) is 2.37. The van der Waals surface area contributed by atoms with Crippen LogP contribution in [0, 0.1) is 0 Å². The van der Waals surface area contributed by atoms with Crippen molar-refractivity contribution in [1.82, 2.24) is 0 Å². The number of alkyl halides is 4. The summed E-state index contributed by atoms with van der Waals surface area (Å²) in [7, 11) is -3.91. The highest BCUT2D eigenvalue weighted by molar-refractivity contribution is 7.91. The van der Waals surface area contributed by atoms with Crippen molar-refractivity contribution in [2.75, 3.05) is 11.6 Å². The van der Waals surface area contributed by atoms with Gasteiger partial charge in [-0.15, -0.1) is 11.6 Å². The maximum atomic E-state index is 12.8. The zero-order valence-corrected chi connectivity index (χ0v) is 12.4. The number of sulfone groups is 1. The minimum absolute atomic E-state index is 0.275. The van der Waals surface area contributed by atoms with E-state index in [1.54, 1.807) is 0 Å². The van der Waals surface area contributed by atoms with Gasteiger partial charge in [0.25, 0.3) is 0 Å². The second-order valence-corrected chi connectivity index (χ2v) is 6.87.